The smallest absolute Gasteiger partial charge is 0.166 e. The second kappa shape index (κ2) is 5.61. The Balaban J connectivity index is 2.01. The molecule has 1 aromatic rings. The Bertz CT molecular complexity index is 391. The van der Waals surface area contributed by atoms with Crippen LogP contribution < -0.4 is 4.74 Å². The molecule has 1 fully saturated rings. The van der Waals surface area contributed by atoms with E-state index in [1.807, 2.05) is 0 Å². The number of hydrogen-bond acceptors (Lipinski definition) is 2. The molecule has 1 saturated carbocycles. The van der Waals surface area contributed by atoms with Crippen molar-refractivity contribution in [1.29, 1.82) is 0 Å². The molecule has 0 heterocycles. The maximum Gasteiger partial charge on any atom is 0.166 e. The van der Waals surface area contributed by atoms with E-state index in [0.717, 1.165) is 23.1 Å². The van der Waals surface area contributed by atoms with Crippen molar-refractivity contribution < 1.29 is 9.13 Å². The quantitative estimate of drug-likeness (QED) is 0.806. The van der Waals surface area contributed by atoms with Gasteiger partial charge >= 0.3 is 0 Å². The van der Waals surface area contributed by atoms with Crippen molar-refractivity contribution in [3.8, 4) is 5.75 Å². The first-order chi connectivity index (χ1) is 8.15. The van der Waals surface area contributed by atoms with E-state index in [9.17, 15) is 4.39 Å². The highest BCUT2D eigenvalue weighted by molar-refractivity contribution is 9.10. The Morgan fingerprint density at radius 1 is 1.35 bits per heavy atom. The number of rotatable bonds is 4. The van der Waals surface area contributed by atoms with Crippen LogP contribution in [-0.4, -0.2) is 12.4 Å². The lowest BCUT2D eigenvalue weighted by atomic mass is 9.90. The summed E-state index contributed by atoms with van der Waals surface area (Å²) in [5, 5.41) is 0. The fourth-order valence-electron chi connectivity index (χ4n) is 2.30. The maximum atomic E-state index is 13.6. The average Bonchev–Trinajstić information content (AvgIpc) is 2.77. The average molecular weight is 319 g/mol. The second-order valence-electron chi connectivity index (χ2n) is 4.73. The van der Waals surface area contributed by atoms with E-state index in [2.05, 4.69) is 28.6 Å². The lowest BCUT2D eigenvalue weighted by molar-refractivity contribution is 0.167. The minimum Gasteiger partial charge on any atom is -0.490 e. The molecule has 0 amide bonds. The minimum absolute atomic E-state index is 0.141. The molecule has 0 spiro atoms. The van der Waals surface area contributed by atoms with Crippen LogP contribution in [0.2, 0.25) is 0 Å². The van der Waals surface area contributed by atoms with E-state index in [-0.39, 0.29) is 11.2 Å². The summed E-state index contributed by atoms with van der Waals surface area (Å²) in [5.41, 5.74) is 0.141. The van der Waals surface area contributed by atoms with Gasteiger partial charge in [0.05, 0.1) is 6.61 Å². The largest absolute Gasteiger partial charge is 0.490 e. The van der Waals surface area contributed by atoms with Crippen molar-refractivity contribution in [3.05, 3.63) is 28.5 Å². The molecular formula is C13H16BrFOS. The Kier molecular flexibility index (Phi) is 4.36. The monoisotopic (exact) mass is 318 g/mol. The summed E-state index contributed by atoms with van der Waals surface area (Å²) in [7, 11) is 0. The summed E-state index contributed by atoms with van der Waals surface area (Å²) >= 11 is 7.64. The molecule has 0 radical (unpaired) electrons. The first kappa shape index (κ1) is 13.2. The molecule has 1 aliphatic rings. The molecule has 0 saturated heterocycles. The van der Waals surface area contributed by atoms with Crippen LogP contribution in [0.5, 0.6) is 5.75 Å². The summed E-state index contributed by atoms with van der Waals surface area (Å²) in [5.74, 6) is 0.832. The van der Waals surface area contributed by atoms with Crippen molar-refractivity contribution in [2.75, 3.05) is 12.4 Å². The van der Waals surface area contributed by atoms with Gasteiger partial charge < -0.3 is 4.74 Å². The summed E-state index contributed by atoms with van der Waals surface area (Å²) in [4.78, 5) is 0. The van der Waals surface area contributed by atoms with Gasteiger partial charge in [-0.15, -0.1) is 0 Å². The molecule has 17 heavy (non-hydrogen) atoms. The van der Waals surface area contributed by atoms with Crippen molar-refractivity contribution in [2.45, 2.75) is 25.7 Å². The van der Waals surface area contributed by atoms with Crippen molar-refractivity contribution >= 4 is 28.6 Å². The summed E-state index contributed by atoms with van der Waals surface area (Å²) < 4.78 is 19.9. The normalized spacial score (nSPS) is 18.3. The van der Waals surface area contributed by atoms with Gasteiger partial charge in [-0.05, 0) is 36.8 Å². The molecule has 0 N–H and O–H groups in total. The molecule has 0 atom stereocenters. The first-order valence-electron chi connectivity index (χ1n) is 5.84. The van der Waals surface area contributed by atoms with E-state index in [1.54, 1.807) is 12.1 Å². The van der Waals surface area contributed by atoms with Crippen LogP contribution in [0.4, 0.5) is 4.39 Å². The van der Waals surface area contributed by atoms with E-state index < -0.39 is 0 Å². The fraction of sp³-hybridized carbons (Fsp3) is 0.538. The zero-order valence-electron chi connectivity index (χ0n) is 9.59. The Morgan fingerprint density at radius 3 is 2.65 bits per heavy atom. The predicted molar refractivity (Wildman–Crippen MR) is 74.3 cm³/mol. The first-order valence-corrected chi connectivity index (χ1v) is 7.26. The number of ether oxygens (including phenoxy) is 1. The number of thiol groups is 1. The molecule has 1 aliphatic carbocycles. The molecule has 0 unspecified atom stereocenters. The van der Waals surface area contributed by atoms with Gasteiger partial charge in [-0.2, -0.15) is 12.6 Å². The van der Waals surface area contributed by atoms with Crippen LogP contribution in [0.1, 0.15) is 25.7 Å². The van der Waals surface area contributed by atoms with E-state index in [4.69, 9.17) is 4.74 Å². The zero-order chi connectivity index (χ0) is 12.3. The van der Waals surface area contributed by atoms with E-state index in [0.29, 0.717) is 12.4 Å². The molecule has 1 nitrogen and oxygen atoms in total. The van der Waals surface area contributed by atoms with Crippen molar-refractivity contribution in [3.63, 3.8) is 0 Å². The van der Waals surface area contributed by atoms with Gasteiger partial charge in [-0.1, -0.05) is 28.8 Å². The molecule has 4 heteroatoms. The van der Waals surface area contributed by atoms with Crippen molar-refractivity contribution in [1.82, 2.24) is 0 Å². The van der Waals surface area contributed by atoms with E-state index >= 15 is 0 Å². The molecule has 0 aromatic heterocycles. The van der Waals surface area contributed by atoms with E-state index in [1.165, 1.54) is 18.9 Å². The molecule has 1 aromatic carbocycles. The molecule has 94 valence electrons. The number of benzene rings is 1. The van der Waals surface area contributed by atoms with Gasteiger partial charge in [-0.25, -0.2) is 4.39 Å². The highest BCUT2D eigenvalue weighted by Gasteiger charge is 2.33. The van der Waals surface area contributed by atoms with Crippen LogP contribution in [0.15, 0.2) is 22.7 Å². The molecule has 0 bridgehead atoms. The van der Waals surface area contributed by atoms with Gasteiger partial charge in [0.15, 0.2) is 11.6 Å². The highest BCUT2D eigenvalue weighted by atomic mass is 79.9. The number of hydrogen-bond donors (Lipinski definition) is 1. The Morgan fingerprint density at radius 2 is 2.06 bits per heavy atom. The van der Waals surface area contributed by atoms with Gasteiger partial charge in [0.1, 0.15) is 0 Å². The molecule has 2 rings (SSSR count). The predicted octanol–water partition coefficient (Wildman–Crippen LogP) is 4.46. The lowest BCUT2D eigenvalue weighted by Crippen LogP contribution is -2.27. The van der Waals surface area contributed by atoms with Gasteiger partial charge in [0.25, 0.3) is 0 Å². The second-order valence-corrected chi connectivity index (χ2v) is 5.96. The van der Waals surface area contributed by atoms with Crippen LogP contribution >= 0.6 is 28.6 Å². The minimum atomic E-state index is -0.313. The third-order valence-electron chi connectivity index (χ3n) is 3.43. The topological polar surface area (TPSA) is 9.23 Å². The SMILES string of the molecule is Fc1cc(Br)ccc1OCC1(CS)CCCC1. The van der Waals surface area contributed by atoms with Crippen LogP contribution in [0.25, 0.3) is 0 Å². The standard InChI is InChI=1S/C13H16BrFOS/c14-10-3-4-12(11(15)7-10)16-8-13(9-17)5-1-2-6-13/h3-4,7,17H,1-2,5-6,8-9H2. The summed E-state index contributed by atoms with van der Waals surface area (Å²) in [6.45, 7) is 0.565. The molecular weight excluding hydrogens is 303 g/mol. The summed E-state index contributed by atoms with van der Waals surface area (Å²) in [6.07, 6.45) is 4.72. The zero-order valence-corrected chi connectivity index (χ0v) is 12.1. The fourth-order valence-corrected chi connectivity index (χ4v) is 3.04. The Labute approximate surface area is 115 Å². The molecule has 0 aliphatic heterocycles. The number of halogens is 2. The maximum absolute atomic E-state index is 13.6. The van der Waals surface area contributed by atoms with Crippen molar-refractivity contribution in [2.24, 2.45) is 5.41 Å². The Hall–Kier alpha value is -0.220. The van der Waals surface area contributed by atoms with Crippen LogP contribution in [0.3, 0.4) is 0 Å². The van der Waals surface area contributed by atoms with Crippen LogP contribution in [-0.2, 0) is 0 Å². The summed E-state index contributed by atoms with van der Waals surface area (Å²) in [6, 6.07) is 4.89. The van der Waals surface area contributed by atoms with Gasteiger partial charge in [0.2, 0.25) is 0 Å². The third kappa shape index (κ3) is 3.16. The van der Waals surface area contributed by atoms with Gasteiger partial charge in [0, 0.05) is 9.89 Å². The highest BCUT2D eigenvalue weighted by Crippen LogP contribution is 2.39. The lowest BCUT2D eigenvalue weighted by Gasteiger charge is -2.26. The van der Waals surface area contributed by atoms with Gasteiger partial charge in [-0.3, -0.25) is 0 Å². The van der Waals surface area contributed by atoms with Crippen LogP contribution in [0, 0.1) is 11.2 Å². The third-order valence-corrected chi connectivity index (χ3v) is 4.59.